The van der Waals surface area contributed by atoms with Crippen LogP contribution in [0.3, 0.4) is 0 Å². The predicted molar refractivity (Wildman–Crippen MR) is 43.7 cm³/mol. The van der Waals surface area contributed by atoms with Crippen molar-refractivity contribution >= 4 is 6.09 Å². The molecule has 1 amide bonds. The van der Waals surface area contributed by atoms with Crippen molar-refractivity contribution in [2.24, 2.45) is 0 Å². The van der Waals surface area contributed by atoms with Crippen LogP contribution in [0.2, 0.25) is 0 Å². The molecule has 0 aromatic carbocycles. The van der Waals surface area contributed by atoms with Gasteiger partial charge in [0.05, 0.1) is 25.8 Å². The highest BCUT2D eigenvalue weighted by atomic mass is 16.6. The lowest BCUT2D eigenvalue weighted by Gasteiger charge is -2.45. The minimum Gasteiger partial charge on any atom is -0.465 e. The second-order valence-corrected chi connectivity index (χ2v) is 3.69. The molecule has 0 aromatic rings. The fourth-order valence-electron chi connectivity index (χ4n) is 1.96. The first-order chi connectivity index (χ1) is 6.15. The van der Waals surface area contributed by atoms with E-state index >= 15 is 0 Å². The monoisotopic (exact) mass is 187 g/mol. The maximum absolute atomic E-state index is 10.5. The average molecular weight is 187 g/mol. The van der Waals surface area contributed by atoms with Crippen molar-refractivity contribution in [2.45, 2.75) is 18.1 Å². The Hall–Kier alpha value is -0.810. The Morgan fingerprint density at radius 2 is 2.38 bits per heavy atom. The minimum atomic E-state index is -0.866. The topological polar surface area (TPSA) is 59.0 Å². The molecular weight excluding hydrogens is 174 g/mol. The van der Waals surface area contributed by atoms with E-state index in [0.29, 0.717) is 19.7 Å². The van der Waals surface area contributed by atoms with Crippen LogP contribution in [0.4, 0.5) is 4.79 Å². The van der Waals surface area contributed by atoms with Crippen LogP contribution in [0, 0.1) is 0 Å². The van der Waals surface area contributed by atoms with E-state index in [1.54, 1.807) is 7.11 Å². The maximum atomic E-state index is 10.5. The Balaban J connectivity index is 1.87. The fraction of sp³-hybridized carbons (Fsp3) is 0.875. The molecule has 2 aliphatic rings. The Morgan fingerprint density at radius 1 is 1.69 bits per heavy atom. The molecule has 1 unspecified atom stereocenters. The van der Waals surface area contributed by atoms with Crippen molar-refractivity contribution in [1.29, 1.82) is 0 Å². The van der Waals surface area contributed by atoms with Gasteiger partial charge in [0.25, 0.3) is 0 Å². The quantitative estimate of drug-likeness (QED) is 0.635. The molecular formula is C8H13NO4. The summed E-state index contributed by atoms with van der Waals surface area (Å²) in [6.45, 7) is 1.56. The van der Waals surface area contributed by atoms with Gasteiger partial charge in [-0.05, 0) is 0 Å². The van der Waals surface area contributed by atoms with Crippen molar-refractivity contribution < 1.29 is 19.4 Å². The van der Waals surface area contributed by atoms with Crippen LogP contribution >= 0.6 is 0 Å². The van der Waals surface area contributed by atoms with Gasteiger partial charge in [0.2, 0.25) is 0 Å². The molecule has 5 nitrogen and oxygen atoms in total. The lowest BCUT2D eigenvalue weighted by Crippen LogP contribution is -2.63. The third-order valence-corrected chi connectivity index (χ3v) is 2.74. The van der Waals surface area contributed by atoms with E-state index in [1.807, 2.05) is 0 Å². The Bertz CT molecular complexity index is 224. The molecule has 2 fully saturated rings. The Morgan fingerprint density at radius 3 is 2.85 bits per heavy atom. The van der Waals surface area contributed by atoms with E-state index in [0.717, 1.165) is 6.42 Å². The molecule has 74 valence electrons. The number of likely N-dealkylation sites (tertiary alicyclic amines) is 1. The van der Waals surface area contributed by atoms with Crippen molar-refractivity contribution in [1.82, 2.24) is 4.90 Å². The van der Waals surface area contributed by atoms with Crippen molar-refractivity contribution in [3.63, 3.8) is 0 Å². The molecule has 0 aliphatic carbocycles. The summed E-state index contributed by atoms with van der Waals surface area (Å²) in [5.74, 6) is 0. The molecule has 2 heterocycles. The van der Waals surface area contributed by atoms with Gasteiger partial charge in [0, 0.05) is 13.5 Å². The van der Waals surface area contributed by atoms with Gasteiger partial charge in [-0.3, -0.25) is 0 Å². The van der Waals surface area contributed by atoms with Gasteiger partial charge in [0.1, 0.15) is 5.60 Å². The predicted octanol–water partition coefficient (Wildman–Crippen LogP) is 0.154. The van der Waals surface area contributed by atoms with Gasteiger partial charge < -0.3 is 19.5 Å². The van der Waals surface area contributed by atoms with Gasteiger partial charge in [0.15, 0.2) is 0 Å². The largest absolute Gasteiger partial charge is 0.465 e. The van der Waals surface area contributed by atoms with Gasteiger partial charge in [-0.1, -0.05) is 0 Å². The number of amides is 1. The highest BCUT2D eigenvalue weighted by Gasteiger charge is 2.51. The number of ether oxygens (including phenoxy) is 2. The third kappa shape index (κ3) is 1.38. The molecule has 2 rings (SSSR count). The molecule has 1 spiro atoms. The van der Waals surface area contributed by atoms with Gasteiger partial charge in [-0.25, -0.2) is 4.79 Å². The average Bonchev–Trinajstić information content (AvgIpc) is 2.44. The summed E-state index contributed by atoms with van der Waals surface area (Å²) in [5.41, 5.74) is -0.237. The summed E-state index contributed by atoms with van der Waals surface area (Å²) >= 11 is 0. The third-order valence-electron chi connectivity index (χ3n) is 2.74. The van der Waals surface area contributed by atoms with Gasteiger partial charge >= 0.3 is 6.09 Å². The summed E-state index contributed by atoms with van der Waals surface area (Å²) in [4.78, 5) is 11.9. The fourth-order valence-corrected chi connectivity index (χ4v) is 1.96. The summed E-state index contributed by atoms with van der Waals surface area (Å²) in [5, 5.41) is 8.64. The van der Waals surface area contributed by atoms with Crippen molar-refractivity contribution in [3.05, 3.63) is 0 Å². The molecule has 0 radical (unpaired) electrons. The number of methoxy groups -OCH3 is 1. The number of carbonyl (C=O) groups is 1. The van der Waals surface area contributed by atoms with E-state index in [-0.39, 0.29) is 11.7 Å². The summed E-state index contributed by atoms with van der Waals surface area (Å²) in [6, 6.07) is 0. The van der Waals surface area contributed by atoms with Crippen LogP contribution in [0.25, 0.3) is 0 Å². The van der Waals surface area contributed by atoms with Crippen molar-refractivity contribution in [2.75, 3.05) is 26.8 Å². The van der Waals surface area contributed by atoms with E-state index in [9.17, 15) is 4.79 Å². The lowest BCUT2D eigenvalue weighted by molar-refractivity contribution is -0.0983. The second-order valence-electron chi connectivity index (χ2n) is 3.69. The number of nitrogens with zero attached hydrogens (tertiary/aromatic N) is 1. The Labute approximate surface area is 76.2 Å². The molecule has 2 saturated heterocycles. The Kier molecular flexibility index (Phi) is 1.92. The molecule has 0 bridgehead atoms. The first kappa shape index (κ1) is 8.77. The summed E-state index contributed by atoms with van der Waals surface area (Å²) in [7, 11) is 1.65. The van der Waals surface area contributed by atoms with Crippen LogP contribution in [0.15, 0.2) is 0 Å². The van der Waals surface area contributed by atoms with Crippen LogP contribution in [-0.4, -0.2) is 54.6 Å². The first-order valence-corrected chi connectivity index (χ1v) is 4.30. The molecule has 13 heavy (non-hydrogen) atoms. The van der Waals surface area contributed by atoms with Gasteiger partial charge in [-0.2, -0.15) is 0 Å². The standard InChI is InChI=1S/C8H13NO4/c1-12-6-2-8(13-3-6)4-9(5-8)7(10)11/h6H,2-5H2,1H3,(H,10,11). The number of hydrogen-bond donors (Lipinski definition) is 1. The van der Waals surface area contributed by atoms with Crippen LogP contribution in [0.1, 0.15) is 6.42 Å². The normalized spacial score (nSPS) is 30.5. The first-order valence-electron chi connectivity index (χ1n) is 4.30. The smallest absolute Gasteiger partial charge is 0.407 e. The van der Waals surface area contributed by atoms with Gasteiger partial charge in [-0.15, -0.1) is 0 Å². The van der Waals surface area contributed by atoms with E-state index < -0.39 is 6.09 Å². The van der Waals surface area contributed by atoms with Crippen molar-refractivity contribution in [3.8, 4) is 0 Å². The van der Waals surface area contributed by atoms with Crippen LogP contribution < -0.4 is 0 Å². The summed E-state index contributed by atoms with van der Waals surface area (Å²) < 4.78 is 10.7. The molecule has 0 saturated carbocycles. The molecule has 5 heteroatoms. The maximum Gasteiger partial charge on any atom is 0.407 e. The highest BCUT2D eigenvalue weighted by molar-refractivity contribution is 5.66. The van der Waals surface area contributed by atoms with E-state index in [1.165, 1.54) is 4.90 Å². The number of hydrogen-bond acceptors (Lipinski definition) is 3. The molecule has 2 aliphatic heterocycles. The van der Waals surface area contributed by atoms with Crippen LogP contribution in [-0.2, 0) is 9.47 Å². The molecule has 1 N–H and O–H groups in total. The number of carboxylic acid groups (broad SMARTS) is 1. The molecule has 1 atom stereocenters. The zero-order chi connectivity index (χ0) is 9.47. The molecule has 0 aromatic heterocycles. The number of rotatable bonds is 1. The second kappa shape index (κ2) is 2.85. The van der Waals surface area contributed by atoms with E-state index in [4.69, 9.17) is 14.6 Å². The SMILES string of the molecule is COC1COC2(C1)CN(C(=O)O)C2. The minimum absolute atomic E-state index is 0.135. The van der Waals surface area contributed by atoms with Crippen LogP contribution in [0.5, 0.6) is 0 Å². The lowest BCUT2D eigenvalue weighted by atomic mass is 9.90. The zero-order valence-corrected chi connectivity index (χ0v) is 7.52. The highest BCUT2D eigenvalue weighted by Crippen LogP contribution is 2.35. The van der Waals surface area contributed by atoms with E-state index in [2.05, 4.69) is 0 Å². The summed E-state index contributed by atoms with van der Waals surface area (Å²) in [6.07, 6.45) is 0.0823. The zero-order valence-electron chi connectivity index (χ0n) is 7.52.